The minimum absolute atomic E-state index is 0. The molecule has 1 aromatic heterocycles. The first-order valence-electron chi connectivity index (χ1n) is 10.0. The topological polar surface area (TPSA) is 63.5 Å². The number of hydrogen-bond donors (Lipinski definition) is 2. The second kappa shape index (κ2) is 10.1. The SMILES string of the molecule is CN=C(NCc1ccn(-c2ccc(OC)cc2)n1)NCC1(c2cccc(F)c2)CC1.I. The van der Waals surface area contributed by atoms with Crippen LogP contribution in [-0.2, 0) is 12.0 Å². The zero-order valence-electron chi connectivity index (χ0n) is 17.6. The molecule has 0 aliphatic heterocycles. The maximum absolute atomic E-state index is 13.6. The summed E-state index contributed by atoms with van der Waals surface area (Å²) in [5, 5.41) is 11.3. The van der Waals surface area contributed by atoms with Gasteiger partial charge in [-0.2, -0.15) is 5.10 Å². The lowest BCUT2D eigenvalue weighted by molar-refractivity contribution is 0.414. The van der Waals surface area contributed by atoms with Gasteiger partial charge in [-0.25, -0.2) is 9.07 Å². The van der Waals surface area contributed by atoms with Gasteiger partial charge < -0.3 is 15.4 Å². The van der Waals surface area contributed by atoms with E-state index in [1.54, 1.807) is 26.3 Å². The summed E-state index contributed by atoms with van der Waals surface area (Å²) in [6, 6.07) is 16.6. The quantitative estimate of drug-likeness (QED) is 0.273. The highest BCUT2D eigenvalue weighted by molar-refractivity contribution is 14.0. The Labute approximate surface area is 198 Å². The Bertz CT molecular complexity index is 1030. The molecule has 6 nitrogen and oxygen atoms in total. The Morgan fingerprint density at radius 2 is 1.94 bits per heavy atom. The number of guanidine groups is 1. The van der Waals surface area contributed by atoms with Crippen LogP contribution < -0.4 is 15.4 Å². The molecule has 3 aromatic rings. The van der Waals surface area contributed by atoms with Crippen LogP contribution in [0.4, 0.5) is 4.39 Å². The largest absolute Gasteiger partial charge is 0.497 e. The molecule has 0 radical (unpaired) electrons. The lowest BCUT2D eigenvalue weighted by atomic mass is 9.96. The van der Waals surface area contributed by atoms with E-state index < -0.39 is 0 Å². The molecular weight excluding hydrogens is 508 g/mol. The number of benzene rings is 2. The van der Waals surface area contributed by atoms with E-state index in [0.29, 0.717) is 12.5 Å². The molecule has 4 rings (SSSR count). The fraction of sp³-hybridized carbons (Fsp3) is 0.304. The van der Waals surface area contributed by atoms with Crippen LogP contribution in [0.5, 0.6) is 5.75 Å². The third kappa shape index (κ3) is 5.55. The van der Waals surface area contributed by atoms with Gasteiger partial charge in [-0.05, 0) is 60.9 Å². The van der Waals surface area contributed by atoms with Crippen LogP contribution in [0.3, 0.4) is 0 Å². The molecule has 1 saturated carbocycles. The number of aliphatic imine (C=N–C) groups is 1. The Morgan fingerprint density at radius 3 is 2.58 bits per heavy atom. The molecule has 31 heavy (non-hydrogen) atoms. The van der Waals surface area contributed by atoms with E-state index in [1.807, 2.05) is 47.3 Å². The van der Waals surface area contributed by atoms with Crippen molar-refractivity contribution < 1.29 is 9.13 Å². The van der Waals surface area contributed by atoms with Gasteiger partial charge in [0.2, 0.25) is 0 Å². The van der Waals surface area contributed by atoms with Crippen molar-refractivity contribution in [3.63, 3.8) is 0 Å². The second-order valence-corrected chi connectivity index (χ2v) is 7.52. The van der Waals surface area contributed by atoms with E-state index in [1.165, 1.54) is 6.07 Å². The van der Waals surface area contributed by atoms with Gasteiger partial charge in [-0.1, -0.05) is 12.1 Å². The molecule has 0 saturated heterocycles. The highest BCUT2D eigenvalue weighted by Gasteiger charge is 2.44. The van der Waals surface area contributed by atoms with E-state index in [0.717, 1.165) is 42.1 Å². The molecule has 0 amide bonds. The molecule has 1 fully saturated rings. The highest BCUT2D eigenvalue weighted by Crippen LogP contribution is 2.47. The number of ether oxygens (including phenoxy) is 1. The lowest BCUT2D eigenvalue weighted by Gasteiger charge is -2.19. The van der Waals surface area contributed by atoms with Gasteiger partial charge in [0.15, 0.2) is 5.96 Å². The molecule has 8 heteroatoms. The van der Waals surface area contributed by atoms with E-state index >= 15 is 0 Å². The van der Waals surface area contributed by atoms with Crippen molar-refractivity contribution in [2.24, 2.45) is 4.99 Å². The van der Waals surface area contributed by atoms with Gasteiger partial charge >= 0.3 is 0 Å². The van der Waals surface area contributed by atoms with Crippen LogP contribution in [0.15, 0.2) is 65.8 Å². The van der Waals surface area contributed by atoms with Gasteiger partial charge in [0.25, 0.3) is 0 Å². The Kier molecular flexibility index (Phi) is 7.53. The molecule has 1 heterocycles. The molecule has 0 unspecified atom stereocenters. The molecule has 2 aromatic carbocycles. The number of rotatable bonds is 7. The summed E-state index contributed by atoms with van der Waals surface area (Å²) < 4.78 is 20.6. The minimum atomic E-state index is -0.186. The van der Waals surface area contributed by atoms with Crippen molar-refractivity contribution in [2.75, 3.05) is 20.7 Å². The molecule has 164 valence electrons. The maximum Gasteiger partial charge on any atom is 0.191 e. The van der Waals surface area contributed by atoms with Crippen LogP contribution in [0.25, 0.3) is 5.69 Å². The summed E-state index contributed by atoms with van der Waals surface area (Å²) in [6.07, 6.45) is 4.03. The van der Waals surface area contributed by atoms with Gasteiger partial charge in [0.1, 0.15) is 11.6 Å². The van der Waals surface area contributed by atoms with Crippen molar-refractivity contribution >= 4 is 29.9 Å². The summed E-state index contributed by atoms with van der Waals surface area (Å²) in [4.78, 5) is 4.30. The molecule has 0 spiro atoms. The first kappa shape index (κ1) is 23.1. The van der Waals surface area contributed by atoms with Crippen LogP contribution >= 0.6 is 24.0 Å². The zero-order valence-corrected chi connectivity index (χ0v) is 20.0. The zero-order chi connectivity index (χ0) is 21.0. The van der Waals surface area contributed by atoms with Crippen molar-refractivity contribution in [3.8, 4) is 11.4 Å². The third-order valence-corrected chi connectivity index (χ3v) is 5.53. The Morgan fingerprint density at radius 1 is 1.16 bits per heavy atom. The number of methoxy groups -OCH3 is 1. The van der Waals surface area contributed by atoms with Gasteiger partial charge in [-0.3, -0.25) is 4.99 Å². The minimum Gasteiger partial charge on any atom is -0.497 e. The summed E-state index contributed by atoms with van der Waals surface area (Å²) in [5.74, 6) is 1.33. The molecule has 0 bridgehead atoms. The average Bonchev–Trinajstić information content (AvgIpc) is 3.43. The van der Waals surface area contributed by atoms with E-state index in [4.69, 9.17) is 4.74 Å². The van der Waals surface area contributed by atoms with Crippen LogP contribution in [0, 0.1) is 5.82 Å². The third-order valence-electron chi connectivity index (χ3n) is 5.53. The van der Waals surface area contributed by atoms with Crippen LogP contribution in [0.1, 0.15) is 24.1 Å². The number of nitrogens with one attached hydrogen (secondary N) is 2. The summed E-state index contributed by atoms with van der Waals surface area (Å²) in [7, 11) is 3.39. The van der Waals surface area contributed by atoms with Crippen molar-refractivity contribution in [1.29, 1.82) is 0 Å². The van der Waals surface area contributed by atoms with Crippen LogP contribution in [0.2, 0.25) is 0 Å². The van der Waals surface area contributed by atoms with E-state index in [9.17, 15) is 4.39 Å². The predicted molar refractivity (Wildman–Crippen MR) is 131 cm³/mol. The standard InChI is InChI=1S/C23H26FN5O.HI/c1-25-22(27-16-23(11-12-23)17-4-3-5-18(24)14-17)26-15-19-10-13-29(28-19)20-6-8-21(30-2)9-7-20;/h3-10,13-14H,11-12,15-16H2,1-2H3,(H2,25,26,27);1H. The second-order valence-electron chi connectivity index (χ2n) is 7.52. The Balaban J connectivity index is 0.00000272. The predicted octanol–water partition coefficient (Wildman–Crippen LogP) is 4.03. The first-order valence-corrected chi connectivity index (χ1v) is 10.0. The average molecular weight is 535 g/mol. The fourth-order valence-electron chi connectivity index (χ4n) is 3.52. The normalized spacial score (nSPS) is 14.5. The molecule has 2 N–H and O–H groups in total. The highest BCUT2D eigenvalue weighted by atomic mass is 127. The van der Waals surface area contributed by atoms with Crippen molar-refractivity contribution in [2.45, 2.75) is 24.8 Å². The summed E-state index contributed by atoms with van der Waals surface area (Å²) >= 11 is 0. The Hall–Kier alpha value is -2.62. The van der Waals surface area contributed by atoms with E-state index in [-0.39, 0.29) is 35.2 Å². The maximum atomic E-state index is 13.6. The summed E-state index contributed by atoms with van der Waals surface area (Å²) in [5.41, 5.74) is 2.91. The number of aromatic nitrogens is 2. The monoisotopic (exact) mass is 535 g/mol. The number of halogens is 2. The van der Waals surface area contributed by atoms with Gasteiger partial charge in [0.05, 0.1) is 25.0 Å². The fourth-order valence-corrected chi connectivity index (χ4v) is 3.52. The summed E-state index contributed by atoms with van der Waals surface area (Å²) in [6.45, 7) is 1.27. The van der Waals surface area contributed by atoms with Gasteiger partial charge in [-0.15, -0.1) is 24.0 Å². The molecular formula is C23H27FIN5O. The van der Waals surface area contributed by atoms with Crippen molar-refractivity contribution in [3.05, 3.63) is 77.9 Å². The molecule has 1 aliphatic carbocycles. The van der Waals surface area contributed by atoms with Crippen molar-refractivity contribution in [1.82, 2.24) is 20.4 Å². The van der Waals surface area contributed by atoms with E-state index in [2.05, 4.69) is 20.7 Å². The lowest BCUT2D eigenvalue weighted by Crippen LogP contribution is -2.41. The number of hydrogen-bond acceptors (Lipinski definition) is 3. The molecule has 1 aliphatic rings. The molecule has 0 atom stereocenters. The smallest absolute Gasteiger partial charge is 0.191 e. The van der Waals surface area contributed by atoms with Gasteiger partial charge in [0, 0.05) is 25.2 Å². The first-order chi connectivity index (χ1) is 14.6. The van der Waals surface area contributed by atoms with Crippen LogP contribution in [-0.4, -0.2) is 36.4 Å². The number of nitrogens with zero attached hydrogens (tertiary/aromatic N) is 3.